The van der Waals surface area contributed by atoms with Gasteiger partial charge in [0.25, 0.3) is 0 Å². The lowest BCUT2D eigenvalue weighted by atomic mass is 9.93. The Morgan fingerprint density at radius 2 is 2.10 bits per heavy atom. The quantitative estimate of drug-likeness (QED) is 0.611. The molecule has 1 aromatic rings. The van der Waals surface area contributed by atoms with Crippen LogP contribution in [0.1, 0.15) is 31.2 Å². The maximum absolute atomic E-state index is 11.9. The number of hydrogen-bond acceptors (Lipinski definition) is 6. The van der Waals surface area contributed by atoms with Crippen molar-refractivity contribution in [2.45, 2.75) is 43.5 Å². The predicted molar refractivity (Wildman–Crippen MR) is 83.3 cm³/mol. The highest BCUT2D eigenvalue weighted by Gasteiger charge is 2.35. The van der Waals surface area contributed by atoms with Crippen LogP contribution in [0.15, 0.2) is 11.4 Å². The number of nitro groups is 1. The zero-order valence-corrected chi connectivity index (χ0v) is 13.8. The lowest BCUT2D eigenvalue weighted by Gasteiger charge is -2.36. The topological polar surface area (TPSA) is 80.5 Å². The van der Waals surface area contributed by atoms with Gasteiger partial charge in [-0.1, -0.05) is 24.2 Å². The molecule has 1 aliphatic carbocycles. The van der Waals surface area contributed by atoms with Crippen molar-refractivity contribution in [2.75, 3.05) is 13.3 Å². The van der Waals surface area contributed by atoms with E-state index >= 15 is 0 Å². The molecule has 1 saturated carbocycles. The first kappa shape index (κ1) is 16.4. The summed E-state index contributed by atoms with van der Waals surface area (Å²) in [6.45, 7) is 0.543. The number of nitrogens with zero attached hydrogens (tertiary/aromatic N) is 2. The standard InChI is InChI=1S/C13H20N2O4S2/c1-14(8-10-7-13(15(16)17)20-9-10)11-5-3-4-6-12(11)21(2,18)19/h7,9,11-12H,3-6,8H2,1-2H3/t11-,12+/m1/s1. The van der Waals surface area contributed by atoms with E-state index in [4.69, 9.17) is 0 Å². The second-order valence-electron chi connectivity index (χ2n) is 5.69. The molecule has 118 valence electrons. The highest BCUT2D eigenvalue weighted by Crippen LogP contribution is 2.29. The first-order valence-electron chi connectivity index (χ1n) is 6.90. The van der Waals surface area contributed by atoms with Gasteiger partial charge in [0.1, 0.15) is 0 Å². The molecule has 0 saturated heterocycles. The highest BCUT2D eigenvalue weighted by atomic mass is 32.2. The van der Waals surface area contributed by atoms with Gasteiger partial charge in [-0.3, -0.25) is 15.0 Å². The third-order valence-electron chi connectivity index (χ3n) is 4.04. The lowest BCUT2D eigenvalue weighted by Crippen LogP contribution is -2.46. The Hall–Kier alpha value is -0.990. The number of sulfone groups is 1. The second-order valence-corrected chi connectivity index (χ2v) is 8.84. The summed E-state index contributed by atoms with van der Waals surface area (Å²) in [6.07, 6.45) is 4.86. The van der Waals surface area contributed by atoms with Crippen molar-refractivity contribution < 1.29 is 13.3 Å². The average Bonchev–Trinajstić information content (AvgIpc) is 2.86. The molecule has 0 aliphatic heterocycles. The van der Waals surface area contributed by atoms with Gasteiger partial charge < -0.3 is 0 Å². The van der Waals surface area contributed by atoms with Crippen LogP contribution in [0.4, 0.5) is 5.00 Å². The van der Waals surface area contributed by atoms with Crippen LogP contribution in [0.25, 0.3) is 0 Å². The number of hydrogen-bond donors (Lipinski definition) is 0. The van der Waals surface area contributed by atoms with Gasteiger partial charge in [0, 0.05) is 30.3 Å². The molecule has 0 unspecified atom stereocenters. The van der Waals surface area contributed by atoms with Gasteiger partial charge in [-0.25, -0.2) is 8.42 Å². The summed E-state index contributed by atoms with van der Waals surface area (Å²) in [4.78, 5) is 12.3. The molecule has 0 spiro atoms. The van der Waals surface area contributed by atoms with Gasteiger partial charge in [-0.05, 0) is 25.5 Å². The molecule has 0 aromatic carbocycles. The molecule has 2 rings (SSSR count). The van der Waals surface area contributed by atoms with E-state index in [-0.39, 0.29) is 16.3 Å². The van der Waals surface area contributed by atoms with Gasteiger partial charge in [0.05, 0.1) is 10.2 Å². The average molecular weight is 332 g/mol. The highest BCUT2D eigenvalue weighted by molar-refractivity contribution is 7.91. The zero-order chi connectivity index (χ0) is 15.6. The number of rotatable bonds is 5. The fourth-order valence-electron chi connectivity index (χ4n) is 3.03. The van der Waals surface area contributed by atoms with E-state index in [0.717, 1.165) is 36.2 Å². The normalized spacial score (nSPS) is 23.4. The third-order valence-corrected chi connectivity index (χ3v) is 6.61. The van der Waals surface area contributed by atoms with Crippen molar-refractivity contribution >= 4 is 26.2 Å². The summed E-state index contributed by atoms with van der Waals surface area (Å²) in [5, 5.41) is 12.3. The molecule has 0 amide bonds. The molecular formula is C13H20N2O4S2. The van der Waals surface area contributed by atoms with Gasteiger partial charge >= 0.3 is 5.00 Å². The van der Waals surface area contributed by atoms with Crippen LogP contribution < -0.4 is 0 Å². The Kier molecular flexibility index (Phi) is 5.00. The molecular weight excluding hydrogens is 312 g/mol. The van der Waals surface area contributed by atoms with Crippen molar-refractivity contribution in [3.63, 3.8) is 0 Å². The van der Waals surface area contributed by atoms with Crippen molar-refractivity contribution in [3.8, 4) is 0 Å². The second kappa shape index (κ2) is 6.41. The van der Waals surface area contributed by atoms with Crippen molar-refractivity contribution in [2.24, 2.45) is 0 Å². The van der Waals surface area contributed by atoms with Crippen LogP contribution in [0, 0.1) is 10.1 Å². The molecule has 2 atom stereocenters. The summed E-state index contributed by atoms with van der Waals surface area (Å²) >= 11 is 1.11. The summed E-state index contributed by atoms with van der Waals surface area (Å²) in [7, 11) is -1.17. The molecule has 8 heteroatoms. The molecule has 1 heterocycles. The van der Waals surface area contributed by atoms with E-state index in [2.05, 4.69) is 0 Å². The molecule has 1 aromatic heterocycles. The third kappa shape index (κ3) is 4.02. The molecule has 1 aliphatic rings. The van der Waals surface area contributed by atoms with Gasteiger partial charge in [-0.2, -0.15) is 0 Å². The Labute approximate surface area is 128 Å². The maximum atomic E-state index is 11.9. The van der Waals surface area contributed by atoms with E-state index in [1.54, 1.807) is 11.4 Å². The molecule has 21 heavy (non-hydrogen) atoms. The minimum absolute atomic E-state index is 0.00675. The van der Waals surface area contributed by atoms with Crippen LogP contribution >= 0.6 is 11.3 Å². The monoisotopic (exact) mass is 332 g/mol. The predicted octanol–water partition coefficient (Wildman–Crippen LogP) is 2.44. The Balaban J connectivity index is 2.10. The van der Waals surface area contributed by atoms with Crippen molar-refractivity contribution in [3.05, 3.63) is 27.1 Å². The first-order chi connectivity index (χ1) is 9.79. The Morgan fingerprint density at radius 1 is 1.43 bits per heavy atom. The minimum atomic E-state index is -3.07. The molecule has 0 N–H and O–H groups in total. The summed E-state index contributed by atoms with van der Waals surface area (Å²) in [6, 6.07) is 1.56. The minimum Gasteiger partial charge on any atom is -0.298 e. The van der Waals surface area contributed by atoms with Crippen LogP contribution in [0.3, 0.4) is 0 Å². The van der Waals surface area contributed by atoms with Gasteiger partial charge in [0.15, 0.2) is 9.84 Å². The Bertz CT molecular complexity index is 611. The van der Waals surface area contributed by atoms with Crippen LogP contribution in [0.5, 0.6) is 0 Å². The SMILES string of the molecule is CN(Cc1csc([N+](=O)[O-])c1)[C@@H]1CCCC[C@@H]1S(C)(=O)=O. The molecule has 6 nitrogen and oxygen atoms in total. The lowest BCUT2D eigenvalue weighted by molar-refractivity contribution is -0.380. The molecule has 0 radical (unpaired) electrons. The zero-order valence-electron chi connectivity index (χ0n) is 12.2. The molecule has 1 fully saturated rings. The van der Waals surface area contributed by atoms with Crippen LogP contribution in [-0.4, -0.2) is 42.8 Å². The Morgan fingerprint density at radius 3 is 2.67 bits per heavy atom. The van der Waals surface area contributed by atoms with Crippen molar-refractivity contribution in [1.82, 2.24) is 4.90 Å². The summed E-state index contributed by atoms with van der Waals surface area (Å²) in [5.74, 6) is 0. The van der Waals surface area contributed by atoms with Gasteiger partial charge in [-0.15, -0.1) is 0 Å². The van der Waals surface area contributed by atoms with Crippen LogP contribution in [-0.2, 0) is 16.4 Å². The van der Waals surface area contributed by atoms with E-state index in [9.17, 15) is 18.5 Å². The smallest absolute Gasteiger partial charge is 0.298 e. The van der Waals surface area contributed by atoms with Crippen LogP contribution in [0.2, 0.25) is 0 Å². The molecule has 0 bridgehead atoms. The van der Waals surface area contributed by atoms with E-state index in [1.807, 2.05) is 11.9 Å². The van der Waals surface area contributed by atoms with E-state index in [0.29, 0.717) is 13.0 Å². The largest absolute Gasteiger partial charge is 0.324 e. The van der Waals surface area contributed by atoms with Gasteiger partial charge in [0.2, 0.25) is 0 Å². The van der Waals surface area contributed by atoms with E-state index < -0.39 is 14.8 Å². The summed E-state index contributed by atoms with van der Waals surface area (Å²) in [5.41, 5.74) is 0.868. The van der Waals surface area contributed by atoms with Crippen molar-refractivity contribution in [1.29, 1.82) is 0 Å². The fraction of sp³-hybridized carbons (Fsp3) is 0.692. The summed E-state index contributed by atoms with van der Waals surface area (Å²) < 4.78 is 23.9. The number of thiophene rings is 1. The maximum Gasteiger partial charge on any atom is 0.324 e. The van der Waals surface area contributed by atoms with E-state index in [1.165, 1.54) is 6.26 Å². The fourth-order valence-corrected chi connectivity index (χ4v) is 5.26. The first-order valence-corrected chi connectivity index (χ1v) is 9.73.